The summed E-state index contributed by atoms with van der Waals surface area (Å²) in [4.78, 5) is 13.2. The Kier molecular flexibility index (Phi) is 5.84. The van der Waals surface area contributed by atoms with Crippen LogP contribution in [0.5, 0.6) is 11.5 Å². The molecule has 6 nitrogen and oxygen atoms in total. The van der Waals surface area contributed by atoms with Crippen molar-refractivity contribution in [1.82, 2.24) is 9.97 Å². The summed E-state index contributed by atoms with van der Waals surface area (Å²) < 4.78 is 6.85. The number of nitriles is 1. The van der Waals surface area contributed by atoms with Crippen molar-refractivity contribution in [2.45, 2.75) is 20.8 Å². The zero-order valence-corrected chi connectivity index (χ0v) is 17.3. The number of anilines is 2. The Bertz CT molecular complexity index is 1050. The highest BCUT2D eigenvalue weighted by Gasteiger charge is 2.13. The predicted molar refractivity (Wildman–Crippen MR) is 112 cm³/mol. The zero-order chi connectivity index (χ0) is 19.4. The molecule has 136 valence electrons. The molecule has 3 aromatic rings. The van der Waals surface area contributed by atoms with Gasteiger partial charge in [-0.15, -0.1) is 0 Å². The number of pyridine rings is 1. The average molecular weight is 442 g/mol. The number of benzene rings is 1. The Morgan fingerprint density at radius 3 is 2.81 bits per heavy atom. The van der Waals surface area contributed by atoms with Crippen LogP contribution >= 0.6 is 27.3 Å². The van der Waals surface area contributed by atoms with Crippen molar-refractivity contribution in [2.75, 3.05) is 5.32 Å². The minimum absolute atomic E-state index is 0.544. The van der Waals surface area contributed by atoms with Gasteiger partial charge in [-0.3, -0.25) is 0 Å². The summed E-state index contributed by atoms with van der Waals surface area (Å²) in [5, 5.41) is 13.8. The first kappa shape index (κ1) is 19.0. The molecule has 2 heterocycles. The highest BCUT2D eigenvalue weighted by molar-refractivity contribution is 9.10. The second-order valence-electron chi connectivity index (χ2n) is 5.62. The molecule has 0 atom stereocenters. The molecular formula is C19H16BrN5OS. The van der Waals surface area contributed by atoms with Crippen molar-refractivity contribution in [3.05, 3.63) is 51.8 Å². The number of aromatic nitrogens is 2. The van der Waals surface area contributed by atoms with Gasteiger partial charge < -0.3 is 10.1 Å². The average Bonchev–Trinajstić information content (AvgIpc) is 2.98. The first-order valence-corrected chi connectivity index (χ1v) is 9.68. The van der Waals surface area contributed by atoms with E-state index in [9.17, 15) is 0 Å². The van der Waals surface area contributed by atoms with Gasteiger partial charge in [-0.1, -0.05) is 11.3 Å². The predicted octanol–water partition coefficient (Wildman–Crippen LogP) is 6.05. The zero-order valence-electron chi connectivity index (χ0n) is 14.9. The lowest BCUT2D eigenvalue weighted by atomic mass is 10.1. The lowest BCUT2D eigenvalue weighted by Crippen LogP contribution is -1.98. The quantitative estimate of drug-likeness (QED) is 0.487. The van der Waals surface area contributed by atoms with Crippen LogP contribution in [0.2, 0.25) is 0 Å². The van der Waals surface area contributed by atoms with E-state index in [1.807, 2.05) is 26.8 Å². The van der Waals surface area contributed by atoms with Crippen LogP contribution in [0.25, 0.3) is 0 Å². The highest BCUT2D eigenvalue weighted by atomic mass is 79.9. The third-order valence-electron chi connectivity index (χ3n) is 3.59. The Morgan fingerprint density at radius 2 is 2.11 bits per heavy atom. The number of rotatable bonds is 5. The number of nitrogens with one attached hydrogen (secondary N) is 1. The number of hydrogen-bond acceptors (Lipinski definition) is 7. The van der Waals surface area contributed by atoms with Crippen LogP contribution in [0.15, 0.2) is 39.9 Å². The fourth-order valence-electron chi connectivity index (χ4n) is 2.32. The lowest BCUT2D eigenvalue weighted by Gasteiger charge is -2.13. The van der Waals surface area contributed by atoms with Crippen LogP contribution in [0.3, 0.4) is 0 Å². The van der Waals surface area contributed by atoms with Crippen molar-refractivity contribution in [3.8, 4) is 17.6 Å². The number of ether oxygens (including phenoxy) is 1. The van der Waals surface area contributed by atoms with Crippen LogP contribution < -0.4 is 10.1 Å². The summed E-state index contributed by atoms with van der Waals surface area (Å²) in [6, 6.07) is 9.24. The van der Waals surface area contributed by atoms with Crippen LogP contribution in [0, 0.1) is 25.2 Å². The van der Waals surface area contributed by atoms with Gasteiger partial charge in [0, 0.05) is 23.0 Å². The molecule has 0 aliphatic carbocycles. The fraction of sp³-hybridized carbons (Fsp3) is 0.158. The SMILES string of the molecule is C/C=N\c1sc(Nc2ncc(Br)cc2Oc2ccc(C#N)cc2C)nc1C. The van der Waals surface area contributed by atoms with E-state index in [4.69, 9.17) is 10.00 Å². The van der Waals surface area contributed by atoms with Crippen molar-refractivity contribution in [1.29, 1.82) is 5.26 Å². The van der Waals surface area contributed by atoms with Crippen LogP contribution in [-0.4, -0.2) is 16.2 Å². The van der Waals surface area contributed by atoms with Gasteiger partial charge in [-0.25, -0.2) is 15.0 Å². The van der Waals surface area contributed by atoms with Gasteiger partial charge in [0.15, 0.2) is 16.7 Å². The van der Waals surface area contributed by atoms with Gasteiger partial charge >= 0.3 is 0 Å². The standard InChI is InChI=1S/C19H16BrN5OS/c1-4-22-18-12(3)24-19(27-18)25-17-16(8-14(20)10-23-17)26-15-6-5-13(9-21)7-11(15)2/h4-8,10H,1-3H3,(H,23,24,25)/b22-4-. The molecule has 0 aliphatic rings. The largest absolute Gasteiger partial charge is 0.453 e. The summed E-state index contributed by atoms with van der Waals surface area (Å²) in [6.07, 6.45) is 3.43. The number of aryl methyl sites for hydroxylation is 2. The topological polar surface area (TPSA) is 83.2 Å². The van der Waals surface area contributed by atoms with Gasteiger partial charge in [0.25, 0.3) is 0 Å². The molecule has 0 spiro atoms. The van der Waals surface area contributed by atoms with E-state index in [1.54, 1.807) is 30.6 Å². The third kappa shape index (κ3) is 4.51. The minimum Gasteiger partial charge on any atom is -0.453 e. The normalized spacial score (nSPS) is 10.8. The van der Waals surface area contributed by atoms with Gasteiger partial charge in [-0.05, 0) is 60.5 Å². The maximum atomic E-state index is 9.02. The second kappa shape index (κ2) is 8.29. The van der Waals surface area contributed by atoms with E-state index in [2.05, 4.69) is 42.3 Å². The van der Waals surface area contributed by atoms with E-state index in [-0.39, 0.29) is 0 Å². The molecule has 8 heteroatoms. The van der Waals surface area contributed by atoms with Gasteiger partial charge in [0.05, 0.1) is 17.3 Å². The van der Waals surface area contributed by atoms with E-state index in [1.165, 1.54) is 11.3 Å². The minimum atomic E-state index is 0.544. The fourth-order valence-corrected chi connectivity index (χ4v) is 3.50. The van der Waals surface area contributed by atoms with E-state index in [0.29, 0.717) is 28.0 Å². The smallest absolute Gasteiger partial charge is 0.190 e. The van der Waals surface area contributed by atoms with Crippen molar-refractivity contribution in [3.63, 3.8) is 0 Å². The molecule has 0 radical (unpaired) electrons. The molecule has 0 saturated carbocycles. The number of thiazole rings is 1. The highest BCUT2D eigenvalue weighted by Crippen LogP contribution is 2.37. The lowest BCUT2D eigenvalue weighted by molar-refractivity contribution is 0.478. The molecule has 1 N–H and O–H groups in total. The number of hydrogen-bond donors (Lipinski definition) is 1. The molecule has 3 rings (SSSR count). The molecule has 2 aromatic heterocycles. The first-order valence-electron chi connectivity index (χ1n) is 8.07. The first-order chi connectivity index (χ1) is 13.0. The van der Waals surface area contributed by atoms with E-state index < -0.39 is 0 Å². The van der Waals surface area contributed by atoms with Gasteiger partial charge in [0.1, 0.15) is 10.8 Å². The van der Waals surface area contributed by atoms with Crippen LogP contribution in [0.1, 0.15) is 23.7 Å². The van der Waals surface area contributed by atoms with Crippen LogP contribution in [0.4, 0.5) is 16.0 Å². The molecule has 0 bridgehead atoms. The van der Waals surface area contributed by atoms with Gasteiger partial charge in [-0.2, -0.15) is 5.26 Å². The summed E-state index contributed by atoms with van der Waals surface area (Å²) in [6.45, 7) is 5.68. The summed E-state index contributed by atoms with van der Waals surface area (Å²) in [5.74, 6) is 1.75. The van der Waals surface area contributed by atoms with Crippen molar-refractivity contribution < 1.29 is 4.74 Å². The number of halogens is 1. The molecule has 0 aliphatic heterocycles. The van der Waals surface area contributed by atoms with Gasteiger partial charge in [0.2, 0.25) is 0 Å². The summed E-state index contributed by atoms with van der Waals surface area (Å²) >= 11 is 4.87. The third-order valence-corrected chi connectivity index (χ3v) is 5.00. The number of nitrogens with zero attached hydrogens (tertiary/aromatic N) is 4. The van der Waals surface area contributed by atoms with Crippen molar-refractivity contribution in [2.24, 2.45) is 4.99 Å². The summed E-state index contributed by atoms with van der Waals surface area (Å²) in [5.41, 5.74) is 2.31. The second-order valence-corrected chi connectivity index (χ2v) is 7.51. The van der Waals surface area contributed by atoms with E-state index >= 15 is 0 Å². The van der Waals surface area contributed by atoms with Crippen LogP contribution in [-0.2, 0) is 0 Å². The maximum Gasteiger partial charge on any atom is 0.190 e. The molecular weight excluding hydrogens is 426 g/mol. The molecule has 0 fully saturated rings. The Hall–Kier alpha value is -2.76. The molecule has 0 amide bonds. The number of aliphatic imine (C=N–C) groups is 1. The van der Waals surface area contributed by atoms with E-state index in [0.717, 1.165) is 20.7 Å². The monoisotopic (exact) mass is 441 g/mol. The molecule has 0 unspecified atom stereocenters. The van der Waals surface area contributed by atoms with Crippen molar-refractivity contribution >= 4 is 49.4 Å². The molecule has 0 saturated heterocycles. The Labute approximate surface area is 169 Å². The molecule has 27 heavy (non-hydrogen) atoms. The Balaban J connectivity index is 1.92. The Morgan fingerprint density at radius 1 is 1.30 bits per heavy atom. The molecule has 1 aromatic carbocycles. The maximum absolute atomic E-state index is 9.02. The summed E-state index contributed by atoms with van der Waals surface area (Å²) in [7, 11) is 0.